The molecule has 1 fully saturated rings. The second-order valence-corrected chi connectivity index (χ2v) is 6.12. The quantitative estimate of drug-likeness (QED) is 0.680. The number of methoxy groups -OCH3 is 1. The topological polar surface area (TPSA) is 75.7 Å². The zero-order valence-corrected chi connectivity index (χ0v) is 10.4. The second kappa shape index (κ2) is 5.49. The lowest BCUT2D eigenvalue weighted by atomic mass is 10.2. The fourth-order valence-corrected chi connectivity index (χ4v) is 3.41. The molecule has 1 atom stereocenters. The van der Waals surface area contributed by atoms with Crippen molar-refractivity contribution >= 4 is 15.9 Å². The van der Waals surface area contributed by atoms with Crippen molar-refractivity contribution in [1.82, 2.24) is 10.2 Å². The van der Waals surface area contributed by atoms with E-state index in [4.69, 9.17) is 4.74 Å². The SMILES string of the molecule is COCCNC(=O)N(C)C1CCS(=O)(=O)C1. The summed E-state index contributed by atoms with van der Waals surface area (Å²) in [6.45, 7) is 0.877. The highest BCUT2D eigenvalue weighted by Gasteiger charge is 2.32. The summed E-state index contributed by atoms with van der Waals surface area (Å²) in [4.78, 5) is 13.0. The molecule has 1 aliphatic rings. The summed E-state index contributed by atoms with van der Waals surface area (Å²) in [5, 5.41) is 2.65. The highest BCUT2D eigenvalue weighted by Crippen LogP contribution is 2.16. The van der Waals surface area contributed by atoms with Gasteiger partial charge in [-0.05, 0) is 6.42 Å². The minimum Gasteiger partial charge on any atom is -0.383 e. The first-order valence-corrected chi connectivity index (χ1v) is 6.98. The molecule has 1 heterocycles. The second-order valence-electron chi connectivity index (χ2n) is 3.89. The molecule has 1 unspecified atom stereocenters. The van der Waals surface area contributed by atoms with E-state index in [1.165, 1.54) is 4.90 Å². The van der Waals surface area contributed by atoms with Gasteiger partial charge in [-0.25, -0.2) is 13.2 Å². The molecule has 0 saturated carbocycles. The van der Waals surface area contributed by atoms with Gasteiger partial charge >= 0.3 is 6.03 Å². The molecule has 0 aromatic heterocycles. The van der Waals surface area contributed by atoms with Crippen molar-refractivity contribution in [3.63, 3.8) is 0 Å². The minimum absolute atomic E-state index is 0.0706. The van der Waals surface area contributed by atoms with Crippen molar-refractivity contribution in [1.29, 1.82) is 0 Å². The molecule has 0 aromatic carbocycles. The molecule has 0 aliphatic carbocycles. The van der Waals surface area contributed by atoms with E-state index in [1.54, 1.807) is 14.2 Å². The minimum atomic E-state index is -2.95. The van der Waals surface area contributed by atoms with Gasteiger partial charge in [0.05, 0.1) is 18.1 Å². The maximum Gasteiger partial charge on any atom is 0.317 e. The van der Waals surface area contributed by atoms with E-state index in [9.17, 15) is 13.2 Å². The Morgan fingerprint density at radius 1 is 1.56 bits per heavy atom. The van der Waals surface area contributed by atoms with Crippen LogP contribution in [0.2, 0.25) is 0 Å². The third-order valence-corrected chi connectivity index (χ3v) is 4.41. The molecule has 1 N–H and O–H groups in total. The van der Waals surface area contributed by atoms with Crippen molar-refractivity contribution < 1.29 is 17.9 Å². The lowest BCUT2D eigenvalue weighted by Gasteiger charge is -2.23. The normalized spacial score (nSPS) is 23.0. The number of carbonyl (C=O) groups excluding carboxylic acids is 1. The molecule has 2 amide bonds. The van der Waals surface area contributed by atoms with E-state index in [2.05, 4.69) is 5.32 Å². The Labute approximate surface area is 95.9 Å². The Kier molecular flexibility index (Phi) is 4.55. The molecule has 16 heavy (non-hydrogen) atoms. The van der Waals surface area contributed by atoms with Gasteiger partial charge in [-0.2, -0.15) is 0 Å². The van der Waals surface area contributed by atoms with Gasteiger partial charge in [0, 0.05) is 26.7 Å². The lowest BCUT2D eigenvalue weighted by molar-refractivity contribution is 0.178. The molecular weight excluding hydrogens is 232 g/mol. The van der Waals surface area contributed by atoms with Gasteiger partial charge in [-0.3, -0.25) is 0 Å². The van der Waals surface area contributed by atoms with Gasteiger partial charge in [0.1, 0.15) is 0 Å². The first kappa shape index (κ1) is 13.2. The van der Waals surface area contributed by atoms with Crippen LogP contribution in [0.3, 0.4) is 0 Å². The van der Waals surface area contributed by atoms with E-state index >= 15 is 0 Å². The molecular formula is C9H18N2O4S. The zero-order chi connectivity index (χ0) is 12.2. The first-order chi connectivity index (χ1) is 7.46. The van der Waals surface area contributed by atoms with Crippen molar-refractivity contribution in [2.45, 2.75) is 12.5 Å². The van der Waals surface area contributed by atoms with E-state index < -0.39 is 9.84 Å². The standard InChI is InChI=1S/C9H18N2O4S/c1-11(9(12)10-4-5-15-2)8-3-6-16(13,14)7-8/h8H,3-7H2,1-2H3,(H,10,12). The van der Waals surface area contributed by atoms with E-state index in [1.807, 2.05) is 0 Å². The molecule has 1 rings (SSSR count). The van der Waals surface area contributed by atoms with E-state index in [0.29, 0.717) is 19.6 Å². The average Bonchev–Trinajstić information content (AvgIpc) is 2.58. The monoisotopic (exact) mass is 250 g/mol. The Morgan fingerprint density at radius 3 is 2.75 bits per heavy atom. The first-order valence-electron chi connectivity index (χ1n) is 5.16. The third kappa shape index (κ3) is 3.64. The van der Waals surface area contributed by atoms with Crippen LogP contribution in [0.25, 0.3) is 0 Å². The molecule has 0 radical (unpaired) electrons. The third-order valence-electron chi connectivity index (χ3n) is 2.66. The van der Waals surface area contributed by atoms with Gasteiger partial charge in [0.2, 0.25) is 0 Å². The number of hydrogen-bond acceptors (Lipinski definition) is 4. The van der Waals surface area contributed by atoms with Crippen LogP contribution in [0.15, 0.2) is 0 Å². The van der Waals surface area contributed by atoms with Crippen molar-refractivity contribution in [3.8, 4) is 0 Å². The van der Waals surface area contributed by atoms with Crippen LogP contribution in [-0.2, 0) is 14.6 Å². The number of amides is 2. The fraction of sp³-hybridized carbons (Fsp3) is 0.889. The van der Waals surface area contributed by atoms with E-state index in [-0.39, 0.29) is 23.6 Å². The van der Waals surface area contributed by atoms with Crippen LogP contribution >= 0.6 is 0 Å². The van der Waals surface area contributed by atoms with Crippen molar-refractivity contribution in [3.05, 3.63) is 0 Å². The van der Waals surface area contributed by atoms with Crippen LogP contribution in [0, 0.1) is 0 Å². The van der Waals surface area contributed by atoms with Crippen LogP contribution in [0.5, 0.6) is 0 Å². The predicted octanol–water partition coefficient (Wildman–Crippen LogP) is -0.539. The summed E-state index contributed by atoms with van der Waals surface area (Å²) < 4.78 is 27.3. The average molecular weight is 250 g/mol. The van der Waals surface area contributed by atoms with Gasteiger partial charge < -0.3 is 15.0 Å². The summed E-state index contributed by atoms with van der Waals surface area (Å²) in [6.07, 6.45) is 0.524. The Bertz CT molecular complexity index is 341. The number of sulfone groups is 1. The predicted molar refractivity (Wildman–Crippen MR) is 60.1 cm³/mol. The number of nitrogens with one attached hydrogen (secondary N) is 1. The van der Waals surface area contributed by atoms with Crippen molar-refractivity contribution in [2.75, 3.05) is 38.8 Å². The Morgan fingerprint density at radius 2 is 2.25 bits per heavy atom. The largest absolute Gasteiger partial charge is 0.383 e. The number of ether oxygens (including phenoxy) is 1. The number of hydrogen-bond donors (Lipinski definition) is 1. The number of rotatable bonds is 4. The lowest BCUT2D eigenvalue weighted by Crippen LogP contribution is -2.45. The van der Waals surface area contributed by atoms with Gasteiger partial charge in [0.25, 0.3) is 0 Å². The number of nitrogens with zero attached hydrogens (tertiary/aromatic N) is 1. The van der Waals surface area contributed by atoms with Crippen LogP contribution in [0.1, 0.15) is 6.42 Å². The smallest absolute Gasteiger partial charge is 0.317 e. The molecule has 0 aromatic rings. The molecule has 6 nitrogen and oxygen atoms in total. The zero-order valence-electron chi connectivity index (χ0n) is 9.60. The number of carbonyl (C=O) groups is 1. The molecule has 1 saturated heterocycles. The van der Waals surface area contributed by atoms with Gasteiger partial charge in [-0.1, -0.05) is 0 Å². The van der Waals surface area contributed by atoms with Crippen molar-refractivity contribution in [2.24, 2.45) is 0 Å². The highest BCUT2D eigenvalue weighted by molar-refractivity contribution is 7.91. The summed E-state index contributed by atoms with van der Waals surface area (Å²) in [5.41, 5.74) is 0. The fourth-order valence-electron chi connectivity index (χ4n) is 1.63. The molecule has 94 valence electrons. The maximum atomic E-state index is 11.6. The molecule has 1 aliphatic heterocycles. The van der Waals surface area contributed by atoms with Crippen LogP contribution in [0.4, 0.5) is 4.79 Å². The van der Waals surface area contributed by atoms with E-state index in [0.717, 1.165) is 0 Å². The van der Waals surface area contributed by atoms with Gasteiger partial charge in [-0.15, -0.1) is 0 Å². The molecule has 0 spiro atoms. The van der Waals surface area contributed by atoms with Crippen LogP contribution < -0.4 is 5.32 Å². The van der Waals surface area contributed by atoms with Crippen LogP contribution in [-0.4, -0.2) is 64.2 Å². The number of urea groups is 1. The molecule has 0 bridgehead atoms. The summed E-state index contributed by atoms with van der Waals surface area (Å²) in [5.74, 6) is 0.245. The summed E-state index contributed by atoms with van der Waals surface area (Å²) in [7, 11) is 0.228. The van der Waals surface area contributed by atoms with Gasteiger partial charge in [0.15, 0.2) is 9.84 Å². The summed E-state index contributed by atoms with van der Waals surface area (Å²) in [6, 6.07) is -0.452. The highest BCUT2D eigenvalue weighted by atomic mass is 32.2. The Balaban J connectivity index is 2.40. The molecule has 7 heteroatoms. The Hall–Kier alpha value is -0.820. The maximum absolute atomic E-state index is 11.6. The summed E-state index contributed by atoms with van der Waals surface area (Å²) >= 11 is 0.